The molecule has 3 rings (SSSR count). The van der Waals surface area contributed by atoms with Gasteiger partial charge in [0.2, 0.25) is 0 Å². The summed E-state index contributed by atoms with van der Waals surface area (Å²) in [7, 11) is 3.15. The Labute approximate surface area is 169 Å². The summed E-state index contributed by atoms with van der Waals surface area (Å²) in [5.74, 6) is 1.01. The number of carbonyl (C=O) groups is 1. The van der Waals surface area contributed by atoms with E-state index in [0.29, 0.717) is 17.1 Å². The van der Waals surface area contributed by atoms with Crippen molar-refractivity contribution in [3.63, 3.8) is 0 Å². The number of rotatable bonds is 6. The predicted octanol–water partition coefficient (Wildman–Crippen LogP) is 3.78. The topological polar surface area (TPSA) is 69.6 Å². The fourth-order valence-electron chi connectivity index (χ4n) is 3.14. The monoisotopic (exact) mass is 392 g/mol. The van der Waals surface area contributed by atoms with Crippen molar-refractivity contribution in [3.05, 3.63) is 87.3 Å². The number of pyridine rings is 1. The van der Waals surface area contributed by atoms with Gasteiger partial charge >= 0.3 is 0 Å². The van der Waals surface area contributed by atoms with Gasteiger partial charge in [0, 0.05) is 24.0 Å². The first kappa shape index (κ1) is 20.2. The molecule has 0 saturated carbocycles. The highest BCUT2D eigenvalue weighted by Gasteiger charge is 2.12. The molecule has 0 bridgehead atoms. The average Bonchev–Trinajstić information content (AvgIpc) is 2.72. The van der Waals surface area contributed by atoms with Crippen LogP contribution in [0.25, 0.3) is 0 Å². The van der Waals surface area contributed by atoms with Crippen molar-refractivity contribution in [2.45, 2.75) is 20.4 Å². The predicted molar refractivity (Wildman–Crippen MR) is 113 cm³/mol. The number of anilines is 1. The zero-order valence-electron chi connectivity index (χ0n) is 17.0. The van der Waals surface area contributed by atoms with Crippen LogP contribution in [0.2, 0.25) is 0 Å². The van der Waals surface area contributed by atoms with E-state index < -0.39 is 0 Å². The molecule has 0 saturated heterocycles. The standard InChI is InChI=1S/C23H24N2O4/c1-15-6-5-7-16(2)22(15)24-23(27)18-8-9-21(26)25(14-18)13-17-10-19(28-3)12-20(11-17)29-4/h5-12,14H,13H2,1-4H3,(H,24,27). The third-order valence-corrected chi connectivity index (χ3v) is 4.73. The maximum atomic E-state index is 12.8. The van der Waals surface area contributed by atoms with Crippen LogP contribution >= 0.6 is 0 Å². The minimum Gasteiger partial charge on any atom is -0.497 e. The minimum atomic E-state index is -0.264. The Hall–Kier alpha value is -3.54. The number of amides is 1. The molecule has 1 heterocycles. The number of nitrogens with one attached hydrogen (secondary N) is 1. The Bertz CT molecular complexity index is 1060. The first-order valence-electron chi connectivity index (χ1n) is 9.21. The summed E-state index contributed by atoms with van der Waals surface area (Å²) < 4.78 is 12.1. The molecule has 0 radical (unpaired) electrons. The van der Waals surface area contributed by atoms with Gasteiger partial charge in [-0.25, -0.2) is 0 Å². The number of hydrogen-bond donors (Lipinski definition) is 1. The molecule has 1 aromatic heterocycles. The molecule has 1 N–H and O–H groups in total. The highest BCUT2D eigenvalue weighted by atomic mass is 16.5. The van der Waals surface area contributed by atoms with Gasteiger partial charge in [-0.2, -0.15) is 0 Å². The maximum Gasteiger partial charge on any atom is 0.257 e. The molecule has 0 aliphatic rings. The van der Waals surface area contributed by atoms with Gasteiger partial charge in [-0.15, -0.1) is 0 Å². The molecule has 0 fully saturated rings. The lowest BCUT2D eigenvalue weighted by Crippen LogP contribution is -2.23. The molecule has 0 atom stereocenters. The summed E-state index contributed by atoms with van der Waals surface area (Å²) in [5, 5.41) is 2.95. The number of aryl methyl sites for hydroxylation is 2. The molecule has 0 aliphatic heterocycles. The quantitative estimate of drug-likeness (QED) is 0.693. The molecule has 2 aromatic carbocycles. The van der Waals surface area contributed by atoms with Crippen molar-refractivity contribution >= 4 is 11.6 Å². The third-order valence-electron chi connectivity index (χ3n) is 4.73. The van der Waals surface area contributed by atoms with E-state index >= 15 is 0 Å². The van der Waals surface area contributed by atoms with E-state index in [1.165, 1.54) is 16.7 Å². The summed E-state index contributed by atoms with van der Waals surface area (Å²) in [5.41, 5.74) is 3.78. The number of para-hydroxylation sites is 1. The first-order chi connectivity index (χ1) is 13.9. The molecule has 6 heteroatoms. The van der Waals surface area contributed by atoms with Crippen molar-refractivity contribution in [1.29, 1.82) is 0 Å². The van der Waals surface area contributed by atoms with Crippen molar-refractivity contribution in [3.8, 4) is 11.5 Å². The summed E-state index contributed by atoms with van der Waals surface area (Å²) in [4.78, 5) is 25.1. The molecule has 0 spiro atoms. The van der Waals surface area contributed by atoms with Crippen LogP contribution in [-0.4, -0.2) is 24.7 Å². The number of nitrogens with zero attached hydrogens (tertiary/aromatic N) is 1. The molecule has 3 aromatic rings. The molecular weight excluding hydrogens is 368 g/mol. The number of benzene rings is 2. The van der Waals surface area contributed by atoms with Gasteiger partial charge in [-0.1, -0.05) is 18.2 Å². The second-order valence-corrected chi connectivity index (χ2v) is 6.83. The number of hydrogen-bond acceptors (Lipinski definition) is 4. The molecule has 0 unspecified atom stereocenters. The SMILES string of the molecule is COc1cc(Cn2cc(C(=O)Nc3c(C)cccc3C)ccc2=O)cc(OC)c1. The van der Waals surface area contributed by atoms with Gasteiger partial charge in [0.1, 0.15) is 11.5 Å². The first-order valence-corrected chi connectivity index (χ1v) is 9.21. The van der Waals surface area contributed by atoms with Gasteiger partial charge in [0.15, 0.2) is 0 Å². The maximum absolute atomic E-state index is 12.8. The van der Waals surface area contributed by atoms with Gasteiger partial charge in [-0.05, 0) is 48.7 Å². The Morgan fingerprint density at radius 1 is 0.966 bits per heavy atom. The van der Waals surface area contributed by atoms with E-state index in [1.807, 2.05) is 44.2 Å². The Balaban J connectivity index is 1.89. The van der Waals surface area contributed by atoms with Crippen LogP contribution < -0.4 is 20.3 Å². The van der Waals surface area contributed by atoms with Crippen molar-refractivity contribution in [2.75, 3.05) is 19.5 Å². The second kappa shape index (κ2) is 8.65. The molecular formula is C23H24N2O4. The average molecular weight is 392 g/mol. The third kappa shape index (κ3) is 4.66. The van der Waals surface area contributed by atoms with E-state index in [-0.39, 0.29) is 18.0 Å². The van der Waals surface area contributed by atoms with E-state index in [4.69, 9.17) is 9.47 Å². The normalized spacial score (nSPS) is 10.5. The van der Waals surface area contributed by atoms with E-state index in [0.717, 1.165) is 22.4 Å². The van der Waals surface area contributed by atoms with Gasteiger partial charge < -0.3 is 19.4 Å². The summed E-state index contributed by atoms with van der Waals surface area (Å²) >= 11 is 0. The number of ether oxygens (including phenoxy) is 2. The summed E-state index contributed by atoms with van der Waals surface area (Å²) in [6.45, 7) is 4.18. The van der Waals surface area contributed by atoms with Gasteiger partial charge in [0.25, 0.3) is 11.5 Å². The molecule has 0 aliphatic carbocycles. The lowest BCUT2D eigenvalue weighted by molar-refractivity contribution is 0.102. The highest BCUT2D eigenvalue weighted by molar-refractivity contribution is 6.04. The summed E-state index contributed by atoms with van der Waals surface area (Å²) in [6.07, 6.45) is 1.57. The number of aromatic nitrogens is 1. The van der Waals surface area contributed by atoms with Crippen LogP contribution in [0, 0.1) is 13.8 Å². The van der Waals surface area contributed by atoms with Crippen LogP contribution in [0.1, 0.15) is 27.0 Å². The molecule has 150 valence electrons. The van der Waals surface area contributed by atoms with E-state index in [2.05, 4.69) is 5.32 Å². The largest absolute Gasteiger partial charge is 0.497 e. The van der Waals surface area contributed by atoms with Gasteiger partial charge in [-0.3, -0.25) is 9.59 Å². The lowest BCUT2D eigenvalue weighted by Gasteiger charge is -2.13. The fourth-order valence-corrected chi connectivity index (χ4v) is 3.14. The van der Waals surface area contributed by atoms with Crippen LogP contribution in [0.4, 0.5) is 5.69 Å². The lowest BCUT2D eigenvalue weighted by atomic mass is 10.1. The van der Waals surface area contributed by atoms with Crippen LogP contribution in [-0.2, 0) is 6.54 Å². The van der Waals surface area contributed by atoms with Gasteiger partial charge in [0.05, 0.1) is 26.3 Å². The van der Waals surface area contributed by atoms with Crippen LogP contribution in [0.3, 0.4) is 0 Å². The summed E-state index contributed by atoms with van der Waals surface area (Å²) in [6, 6.07) is 14.2. The fraction of sp³-hybridized carbons (Fsp3) is 0.217. The Kier molecular flexibility index (Phi) is 6.02. The second-order valence-electron chi connectivity index (χ2n) is 6.83. The number of carbonyl (C=O) groups excluding carboxylic acids is 1. The molecule has 1 amide bonds. The molecule has 6 nitrogen and oxygen atoms in total. The Morgan fingerprint density at radius 3 is 2.17 bits per heavy atom. The van der Waals surface area contributed by atoms with Crippen molar-refractivity contribution in [2.24, 2.45) is 0 Å². The van der Waals surface area contributed by atoms with Crippen LogP contribution in [0.5, 0.6) is 11.5 Å². The molecule has 29 heavy (non-hydrogen) atoms. The number of methoxy groups -OCH3 is 2. The van der Waals surface area contributed by atoms with E-state index in [9.17, 15) is 9.59 Å². The zero-order valence-corrected chi connectivity index (χ0v) is 17.0. The van der Waals surface area contributed by atoms with Crippen LogP contribution in [0.15, 0.2) is 59.5 Å². The smallest absolute Gasteiger partial charge is 0.257 e. The van der Waals surface area contributed by atoms with E-state index in [1.54, 1.807) is 26.5 Å². The minimum absolute atomic E-state index is 0.199. The van der Waals surface area contributed by atoms with Crippen molar-refractivity contribution in [1.82, 2.24) is 4.57 Å². The Morgan fingerprint density at radius 2 is 1.59 bits per heavy atom. The highest BCUT2D eigenvalue weighted by Crippen LogP contribution is 2.23. The van der Waals surface area contributed by atoms with Crippen molar-refractivity contribution < 1.29 is 14.3 Å². The zero-order chi connectivity index (χ0) is 21.0.